The second-order valence-corrected chi connectivity index (χ2v) is 5.24. The van der Waals surface area contributed by atoms with Crippen LogP contribution in [0.15, 0.2) is 0 Å². The molecule has 0 spiro atoms. The maximum Gasteiger partial charge on any atom is 0.354 e. The van der Waals surface area contributed by atoms with Gasteiger partial charge >= 0.3 is 6.99 Å². The monoisotopic (exact) mass is 196 g/mol. The summed E-state index contributed by atoms with van der Waals surface area (Å²) in [7, 11) is 0. The van der Waals surface area contributed by atoms with E-state index in [4.69, 9.17) is 0 Å². The summed E-state index contributed by atoms with van der Waals surface area (Å²) in [5, 5.41) is 0. The summed E-state index contributed by atoms with van der Waals surface area (Å²) in [6, 6.07) is 0. The van der Waals surface area contributed by atoms with Crippen LogP contribution in [0.5, 0.6) is 0 Å². The van der Waals surface area contributed by atoms with Gasteiger partial charge in [0.1, 0.15) is 0 Å². The SMILES string of the molecule is FB(C1CCCCC1)C1CCCCC1. The van der Waals surface area contributed by atoms with Gasteiger partial charge in [-0.3, -0.25) is 0 Å². The van der Waals surface area contributed by atoms with Crippen LogP contribution < -0.4 is 0 Å². The number of halogens is 1. The van der Waals surface area contributed by atoms with Gasteiger partial charge in [0, 0.05) is 0 Å². The van der Waals surface area contributed by atoms with Gasteiger partial charge in [0.05, 0.1) is 0 Å². The van der Waals surface area contributed by atoms with Gasteiger partial charge in [-0.05, 0) is 11.6 Å². The standard InChI is InChI=1S/C12H22BF/c14-13(11-7-3-1-4-8-11)12-9-5-2-6-10-12/h11-12H,1-10H2. The first-order valence-electron chi connectivity index (χ1n) is 6.52. The summed E-state index contributed by atoms with van der Waals surface area (Å²) in [6.07, 6.45) is 12.4. The van der Waals surface area contributed by atoms with E-state index in [1.807, 2.05) is 0 Å². The van der Waals surface area contributed by atoms with E-state index < -0.39 is 6.99 Å². The van der Waals surface area contributed by atoms with Gasteiger partial charge in [-0.1, -0.05) is 64.2 Å². The van der Waals surface area contributed by atoms with Gasteiger partial charge in [0.15, 0.2) is 0 Å². The molecule has 2 fully saturated rings. The maximum absolute atomic E-state index is 14.2. The first-order chi connectivity index (χ1) is 6.88. The van der Waals surface area contributed by atoms with E-state index in [1.54, 1.807) is 0 Å². The quantitative estimate of drug-likeness (QED) is 0.565. The number of hydrogen-bond donors (Lipinski definition) is 0. The minimum atomic E-state index is -0.462. The van der Waals surface area contributed by atoms with Gasteiger partial charge in [-0.15, -0.1) is 0 Å². The molecule has 0 nitrogen and oxygen atoms in total. The van der Waals surface area contributed by atoms with Crippen LogP contribution in [0.3, 0.4) is 0 Å². The Morgan fingerprint density at radius 1 is 0.643 bits per heavy atom. The van der Waals surface area contributed by atoms with Crippen molar-refractivity contribution in [3.05, 3.63) is 0 Å². The van der Waals surface area contributed by atoms with Crippen molar-refractivity contribution in [1.82, 2.24) is 0 Å². The Morgan fingerprint density at radius 3 is 1.36 bits per heavy atom. The molecule has 80 valence electrons. The van der Waals surface area contributed by atoms with Crippen molar-refractivity contribution >= 4 is 6.99 Å². The van der Waals surface area contributed by atoms with Crippen molar-refractivity contribution in [1.29, 1.82) is 0 Å². The van der Waals surface area contributed by atoms with Crippen LogP contribution in [0.4, 0.5) is 4.32 Å². The Hall–Kier alpha value is -0.00506. The summed E-state index contributed by atoms with van der Waals surface area (Å²) in [5.74, 6) is 0.846. The van der Waals surface area contributed by atoms with Gasteiger partial charge in [-0.25, -0.2) is 0 Å². The average Bonchev–Trinajstić information content (AvgIpc) is 2.30. The van der Waals surface area contributed by atoms with Crippen LogP contribution in [0, 0.1) is 0 Å². The summed E-state index contributed by atoms with van der Waals surface area (Å²) in [6.45, 7) is -0.462. The lowest BCUT2D eigenvalue weighted by Gasteiger charge is -2.29. The Kier molecular flexibility index (Phi) is 3.89. The normalized spacial score (nSPS) is 26.4. The molecular formula is C12H22BF. The molecule has 2 aliphatic rings. The predicted molar refractivity (Wildman–Crippen MR) is 60.5 cm³/mol. The van der Waals surface area contributed by atoms with Crippen LogP contribution in [-0.2, 0) is 0 Å². The smallest absolute Gasteiger partial charge is 0.336 e. The molecule has 0 radical (unpaired) electrons. The molecule has 0 atom stereocenters. The molecule has 0 amide bonds. The van der Waals surface area contributed by atoms with Crippen LogP contribution in [0.2, 0.25) is 11.6 Å². The summed E-state index contributed by atoms with van der Waals surface area (Å²) >= 11 is 0. The van der Waals surface area contributed by atoms with Crippen molar-refractivity contribution in [2.24, 2.45) is 0 Å². The fourth-order valence-electron chi connectivity index (χ4n) is 3.29. The minimum absolute atomic E-state index is 0.423. The number of rotatable bonds is 2. The summed E-state index contributed by atoms with van der Waals surface area (Å²) < 4.78 is 14.2. The van der Waals surface area contributed by atoms with Crippen LogP contribution in [0.25, 0.3) is 0 Å². The average molecular weight is 196 g/mol. The zero-order valence-corrected chi connectivity index (χ0v) is 9.18. The van der Waals surface area contributed by atoms with E-state index >= 15 is 0 Å². The highest BCUT2D eigenvalue weighted by Crippen LogP contribution is 2.41. The minimum Gasteiger partial charge on any atom is -0.336 e. The molecule has 0 saturated heterocycles. The Balaban J connectivity index is 1.82. The third-order valence-electron chi connectivity index (χ3n) is 4.20. The van der Waals surface area contributed by atoms with E-state index in [1.165, 1.54) is 38.5 Å². The second kappa shape index (κ2) is 5.18. The highest BCUT2D eigenvalue weighted by molar-refractivity contribution is 6.54. The van der Waals surface area contributed by atoms with E-state index in [9.17, 15) is 4.32 Å². The fraction of sp³-hybridized carbons (Fsp3) is 1.00. The molecular weight excluding hydrogens is 174 g/mol. The van der Waals surface area contributed by atoms with Crippen molar-refractivity contribution < 1.29 is 4.32 Å². The van der Waals surface area contributed by atoms with E-state index in [0.717, 1.165) is 25.7 Å². The van der Waals surface area contributed by atoms with Crippen molar-refractivity contribution in [2.45, 2.75) is 75.8 Å². The lowest BCUT2D eigenvalue weighted by atomic mass is 9.44. The van der Waals surface area contributed by atoms with E-state index in [-0.39, 0.29) is 0 Å². The molecule has 0 unspecified atom stereocenters. The molecule has 0 bridgehead atoms. The molecule has 0 aromatic heterocycles. The van der Waals surface area contributed by atoms with E-state index in [0.29, 0.717) is 11.6 Å². The third-order valence-corrected chi connectivity index (χ3v) is 4.20. The molecule has 2 heteroatoms. The first-order valence-corrected chi connectivity index (χ1v) is 6.52. The molecule has 2 saturated carbocycles. The molecule has 14 heavy (non-hydrogen) atoms. The van der Waals surface area contributed by atoms with Crippen molar-refractivity contribution in [2.75, 3.05) is 0 Å². The fourth-order valence-corrected chi connectivity index (χ4v) is 3.29. The highest BCUT2D eigenvalue weighted by Gasteiger charge is 2.35. The van der Waals surface area contributed by atoms with Gasteiger partial charge < -0.3 is 4.32 Å². The summed E-state index contributed by atoms with van der Waals surface area (Å²) in [5.41, 5.74) is 0. The Morgan fingerprint density at radius 2 is 1.00 bits per heavy atom. The zero-order chi connectivity index (χ0) is 9.80. The van der Waals surface area contributed by atoms with Crippen molar-refractivity contribution in [3.8, 4) is 0 Å². The maximum atomic E-state index is 14.2. The van der Waals surface area contributed by atoms with Crippen LogP contribution >= 0.6 is 0 Å². The lowest BCUT2D eigenvalue weighted by molar-refractivity contribution is 0.439. The molecule has 0 aromatic rings. The van der Waals surface area contributed by atoms with Crippen molar-refractivity contribution in [3.63, 3.8) is 0 Å². The molecule has 0 aromatic carbocycles. The number of hydrogen-bond acceptors (Lipinski definition) is 0. The highest BCUT2D eigenvalue weighted by atomic mass is 19.1. The van der Waals surface area contributed by atoms with E-state index in [2.05, 4.69) is 0 Å². The second-order valence-electron chi connectivity index (χ2n) is 5.24. The first kappa shape index (κ1) is 10.5. The lowest BCUT2D eigenvalue weighted by Crippen LogP contribution is -2.25. The predicted octanol–water partition coefficient (Wildman–Crippen LogP) is 4.62. The molecule has 2 rings (SSSR count). The largest absolute Gasteiger partial charge is 0.354 e. The molecule has 0 heterocycles. The topological polar surface area (TPSA) is 0 Å². The molecule has 0 N–H and O–H groups in total. The molecule has 2 aliphatic carbocycles. The van der Waals surface area contributed by atoms with Gasteiger partial charge in [0.25, 0.3) is 0 Å². The summed E-state index contributed by atoms with van der Waals surface area (Å²) in [4.78, 5) is 0. The third kappa shape index (κ3) is 2.52. The van der Waals surface area contributed by atoms with Crippen LogP contribution in [0.1, 0.15) is 64.2 Å². The van der Waals surface area contributed by atoms with Gasteiger partial charge in [0.2, 0.25) is 0 Å². The molecule has 0 aliphatic heterocycles. The Bertz CT molecular complexity index is 142. The Labute approximate surface area is 87.8 Å². The van der Waals surface area contributed by atoms with Gasteiger partial charge in [-0.2, -0.15) is 0 Å². The van der Waals surface area contributed by atoms with Crippen LogP contribution in [-0.4, -0.2) is 6.99 Å². The zero-order valence-electron chi connectivity index (χ0n) is 9.18.